The Morgan fingerprint density at radius 2 is 1.75 bits per heavy atom. The van der Waals surface area contributed by atoms with Gasteiger partial charge in [-0.2, -0.15) is 0 Å². The summed E-state index contributed by atoms with van der Waals surface area (Å²) in [5.74, 6) is -0.0844. The monoisotopic (exact) mass is 330 g/mol. The molecule has 1 aliphatic carbocycles. The molecule has 1 aliphatic rings. The van der Waals surface area contributed by atoms with E-state index < -0.39 is 5.97 Å². The molecule has 2 rings (SSSR count). The number of hydrogen-bond donors (Lipinski definition) is 0. The number of allylic oxidation sites excluding steroid dienone is 3. The normalized spacial score (nSPS) is 11.8. The number of esters is 2. The van der Waals surface area contributed by atoms with Gasteiger partial charge in [0.1, 0.15) is 19.0 Å². The summed E-state index contributed by atoms with van der Waals surface area (Å²) in [7, 11) is 0. The molecule has 0 saturated carbocycles. The van der Waals surface area contributed by atoms with E-state index in [1.165, 1.54) is 6.26 Å². The number of hydrogen-bond acceptors (Lipinski definition) is 5. The van der Waals surface area contributed by atoms with E-state index in [-0.39, 0.29) is 12.6 Å². The third-order valence-corrected chi connectivity index (χ3v) is 2.86. The highest BCUT2D eigenvalue weighted by molar-refractivity contribution is 5.87. The van der Waals surface area contributed by atoms with Crippen molar-refractivity contribution in [2.45, 2.75) is 26.9 Å². The summed E-state index contributed by atoms with van der Waals surface area (Å²) in [6.07, 6.45) is 8.38. The summed E-state index contributed by atoms with van der Waals surface area (Å²) in [5.41, 5.74) is 1.97. The van der Waals surface area contributed by atoms with E-state index in [2.05, 4.69) is 13.2 Å². The van der Waals surface area contributed by atoms with Crippen molar-refractivity contribution in [1.29, 1.82) is 0 Å². The van der Waals surface area contributed by atoms with Crippen LogP contribution in [0.2, 0.25) is 0 Å². The highest BCUT2D eigenvalue weighted by atomic mass is 16.5. The maximum absolute atomic E-state index is 10.9. The van der Waals surface area contributed by atoms with Gasteiger partial charge in [0, 0.05) is 11.1 Å². The second kappa shape index (κ2) is 10.0. The minimum absolute atomic E-state index is 0.165. The van der Waals surface area contributed by atoms with Crippen LogP contribution in [0, 0.1) is 0 Å². The average molecular weight is 330 g/mol. The van der Waals surface area contributed by atoms with Crippen LogP contribution in [0.25, 0.3) is 0 Å². The van der Waals surface area contributed by atoms with Gasteiger partial charge in [0.15, 0.2) is 0 Å². The first kappa shape index (κ1) is 19.2. The average Bonchev–Trinajstić information content (AvgIpc) is 3.23. The van der Waals surface area contributed by atoms with Crippen molar-refractivity contribution in [1.82, 2.24) is 0 Å². The molecule has 0 amide bonds. The molecule has 0 atom stereocenters. The Hall–Kier alpha value is -2.82. The molecule has 24 heavy (non-hydrogen) atoms. The van der Waals surface area contributed by atoms with Crippen LogP contribution in [0.1, 0.15) is 26.0 Å². The Labute approximate surface area is 141 Å². The van der Waals surface area contributed by atoms with E-state index in [0.717, 1.165) is 12.0 Å². The fraction of sp³-hybridized carbons (Fsp3) is 0.263. The minimum atomic E-state index is -0.397. The quantitative estimate of drug-likeness (QED) is 0.585. The van der Waals surface area contributed by atoms with E-state index in [1.54, 1.807) is 26.0 Å². The molecular formula is C19H22O5. The van der Waals surface area contributed by atoms with Crippen molar-refractivity contribution >= 4 is 11.9 Å². The van der Waals surface area contributed by atoms with Gasteiger partial charge in [0.25, 0.3) is 0 Å². The zero-order chi connectivity index (χ0) is 17.9. The van der Waals surface area contributed by atoms with Crippen LogP contribution in [0.15, 0.2) is 70.9 Å². The topological polar surface area (TPSA) is 65.7 Å². The number of carbonyl (C=O) groups is 2. The highest BCUT2D eigenvalue weighted by Gasteiger charge is 2.05. The fourth-order valence-electron chi connectivity index (χ4n) is 1.53. The molecular weight excluding hydrogens is 308 g/mol. The maximum atomic E-state index is 10.9. The number of ether oxygens (including phenoxy) is 2. The Morgan fingerprint density at radius 3 is 2.21 bits per heavy atom. The second-order valence-corrected chi connectivity index (χ2v) is 5.25. The number of carbonyl (C=O) groups excluding carboxylic acids is 2. The lowest BCUT2D eigenvalue weighted by atomic mass is 10.2. The van der Waals surface area contributed by atoms with E-state index in [4.69, 9.17) is 13.9 Å². The second-order valence-electron chi connectivity index (χ2n) is 5.25. The molecule has 1 aromatic rings. The van der Waals surface area contributed by atoms with Crippen LogP contribution in [0.4, 0.5) is 0 Å². The summed E-state index contributed by atoms with van der Waals surface area (Å²) in [6.45, 7) is 10.7. The fourth-order valence-corrected chi connectivity index (χ4v) is 1.53. The summed E-state index contributed by atoms with van der Waals surface area (Å²) in [6, 6.07) is 3.48. The summed E-state index contributed by atoms with van der Waals surface area (Å²) in [5, 5.41) is 0. The first-order chi connectivity index (χ1) is 11.4. The highest BCUT2D eigenvalue weighted by Crippen LogP contribution is 2.10. The summed E-state index contributed by atoms with van der Waals surface area (Å²) in [4.78, 5) is 21.8. The van der Waals surface area contributed by atoms with Crippen LogP contribution in [0.5, 0.6) is 0 Å². The standard InChI is InChI=1S/C10H12O2.C9H10O3/c1-8(2)10(11)12-7-9-5-3-4-6-9;1-7(2)9(10)12-6-8-4-3-5-11-8/h3-5H,1,6-7H2,2H3;3-5H,1,6H2,2H3. The summed E-state index contributed by atoms with van der Waals surface area (Å²) < 4.78 is 14.7. The molecule has 0 radical (unpaired) electrons. The predicted molar refractivity (Wildman–Crippen MR) is 90.9 cm³/mol. The predicted octanol–water partition coefficient (Wildman–Crippen LogP) is 3.89. The third-order valence-electron chi connectivity index (χ3n) is 2.86. The molecule has 0 aromatic carbocycles. The van der Waals surface area contributed by atoms with Gasteiger partial charge in [-0.05, 0) is 38.0 Å². The molecule has 0 fully saturated rings. The van der Waals surface area contributed by atoms with Crippen molar-refractivity contribution in [2.75, 3.05) is 6.61 Å². The number of rotatable bonds is 6. The van der Waals surface area contributed by atoms with Gasteiger partial charge in [-0.25, -0.2) is 9.59 Å². The van der Waals surface area contributed by atoms with Gasteiger partial charge in [-0.15, -0.1) is 0 Å². The van der Waals surface area contributed by atoms with Crippen LogP contribution >= 0.6 is 0 Å². The zero-order valence-corrected chi connectivity index (χ0v) is 14.0. The van der Waals surface area contributed by atoms with E-state index >= 15 is 0 Å². The molecule has 0 bridgehead atoms. The Kier molecular flexibility index (Phi) is 8.05. The maximum Gasteiger partial charge on any atom is 0.333 e. The first-order valence-electron chi connectivity index (χ1n) is 7.42. The van der Waals surface area contributed by atoms with Gasteiger partial charge >= 0.3 is 11.9 Å². The molecule has 0 aliphatic heterocycles. The van der Waals surface area contributed by atoms with Crippen LogP contribution < -0.4 is 0 Å². The lowest BCUT2D eigenvalue weighted by Gasteiger charge is -2.03. The largest absolute Gasteiger partial charge is 0.466 e. The van der Waals surface area contributed by atoms with Crippen LogP contribution in [-0.2, 0) is 25.7 Å². The first-order valence-corrected chi connectivity index (χ1v) is 7.42. The van der Waals surface area contributed by atoms with Gasteiger partial charge in [0.05, 0.1) is 6.26 Å². The SMILES string of the molecule is C=C(C)C(=O)OCC1=CC=CC1.C=C(C)C(=O)OCc1ccco1. The van der Waals surface area contributed by atoms with Crippen molar-refractivity contribution in [3.05, 3.63) is 72.3 Å². The smallest absolute Gasteiger partial charge is 0.333 e. The minimum Gasteiger partial charge on any atom is -0.466 e. The number of furan rings is 1. The van der Waals surface area contributed by atoms with Crippen LogP contribution in [0.3, 0.4) is 0 Å². The van der Waals surface area contributed by atoms with Gasteiger partial charge < -0.3 is 13.9 Å². The molecule has 5 heteroatoms. The van der Waals surface area contributed by atoms with Gasteiger partial charge in [-0.3, -0.25) is 0 Å². The molecule has 0 saturated heterocycles. The Morgan fingerprint density at radius 1 is 1.12 bits per heavy atom. The molecule has 128 valence electrons. The molecule has 1 heterocycles. The molecule has 0 N–H and O–H groups in total. The van der Waals surface area contributed by atoms with E-state index in [1.807, 2.05) is 18.2 Å². The molecule has 1 aromatic heterocycles. The third kappa shape index (κ3) is 7.45. The Bertz CT molecular complexity index is 645. The van der Waals surface area contributed by atoms with Crippen molar-refractivity contribution < 1.29 is 23.5 Å². The Balaban J connectivity index is 0.000000240. The van der Waals surface area contributed by atoms with E-state index in [9.17, 15) is 9.59 Å². The van der Waals surface area contributed by atoms with E-state index in [0.29, 0.717) is 23.5 Å². The molecule has 0 spiro atoms. The molecule has 5 nitrogen and oxygen atoms in total. The molecule has 0 unspecified atom stereocenters. The van der Waals surface area contributed by atoms with Crippen molar-refractivity contribution in [2.24, 2.45) is 0 Å². The lowest BCUT2D eigenvalue weighted by Crippen LogP contribution is -2.07. The summed E-state index contributed by atoms with van der Waals surface area (Å²) >= 11 is 0. The lowest BCUT2D eigenvalue weighted by molar-refractivity contribution is -0.140. The van der Waals surface area contributed by atoms with Crippen molar-refractivity contribution in [3.63, 3.8) is 0 Å². The van der Waals surface area contributed by atoms with Crippen molar-refractivity contribution in [3.8, 4) is 0 Å². The van der Waals surface area contributed by atoms with Gasteiger partial charge in [-0.1, -0.05) is 31.4 Å². The zero-order valence-electron chi connectivity index (χ0n) is 14.0. The van der Waals surface area contributed by atoms with Gasteiger partial charge in [0.2, 0.25) is 0 Å². The van der Waals surface area contributed by atoms with Crippen LogP contribution in [-0.4, -0.2) is 18.5 Å².